The van der Waals surface area contributed by atoms with Gasteiger partial charge in [-0.2, -0.15) is 0 Å². The Labute approximate surface area is 386 Å². The first-order valence-corrected chi connectivity index (χ1v) is 24.0. The third kappa shape index (κ3) is 10.5. The van der Waals surface area contributed by atoms with Crippen LogP contribution in [0.25, 0.3) is 32.6 Å². The smallest absolute Gasteiger partial charge is 0.278 e. The minimum Gasteiger partial charge on any atom is -0.382 e. The number of nitrogens with two attached hydrogens (primary N) is 2. The Bertz CT molecular complexity index is 3300. The van der Waals surface area contributed by atoms with Gasteiger partial charge in [0, 0.05) is 63.7 Å². The van der Waals surface area contributed by atoms with Crippen molar-refractivity contribution >= 4 is 93.8 Å². The number of nitrogens with one attached hydrogen (secondary N) is 4. The van der Waals surface area contributed by atoms with Gasteiger partial charge in [-0.3, -0.25) is 19.2 Å². The Morgan fingerprint density at radius 2 is 1.33 bits per heavy atom. The number of fused-ring (bicyclic) bond motifs is 1. The topological polar surface area (TPSA) is 301 Å². The minimum atomic E-state index is -4.31. The van der Waals surface area contributed by atoms with Crippen molar-refractivity contribution in [1.29, 1.82) is 0 Å². The summed E-state index contributed by atoms with van der Waals surface area (Å²) in [6, 6.07) is 25.3. The number of sulfonamides is 2. The molecule has 0 radical (unpaired) electrons. The lowest BCUT2D eigenvalue weighted by Crippen LogP contribution is -2.45. The van der Waals surface area contributed by atoms with E-state index in [1.807, 2.05) is 45.3 Å². The van der Waals surface area contributed by atoms with Crippen molar-refractivity contribution in [2.75, 3.05) is 46.7 Å². The first-order valence-electron chi connectivity index (χ1n) is 20.1. The summed E-state index contributed by atoms with van der Waals surface area (Å²) in [4.78, 5) is 69.7. The van der Waals surface area contributed by atoms with Crippen LogP contribution in [0.1, 0.15) is 34.3 Å². The zero-order valence-electron chi connectivity index (χ0n) is 35.2. The molecular formula is C44H39N11O9S3. The van der Waals surface area contributed by atoms with Crippen molar-refractivity contribution < 1.29 is 40.8 Å². The predicted octanol–water partition coefficient (Wildman–Crippen LogP) is 4.41. The average Bonchev–Trinajstić information content (AvgIpc) is 3.73. The quantitative estimate of drug-likeness (QED) is 0.0933. The van der Waals surface area contributed by atoms with Crippen LogP contribution in [0.4, 0.5) is 28.7 Å². The summed E-state index contributed by atoms with van der Waals surface area (Å²) in [6.07, 6.45) is 1.95. The second-order valence-corrected chi connectivity index (χ2v) is 19.2. The molecule has 1 saturated heterocycles. The van der Waals surface area contributed by atoms with E-state index in [9.17, 15) is 36.0 Å². The Hall–Kier alpha value is -7.86. The molecule has 3 aromatic heterocycles. The van der Waals surface area contributed by atoms with E-state index in [0.717, 1.165) is 28.3 Å². The highest BCUT2D eigenvalue weighted by atomic mass is 32.2. The highest BCUT2D eigenvalue weighted by Gasteiger charge is 2.27. The number of ether oxygens (including phenoxy) is 1. The molecule has 4 aromatic carbocycles. The average molecular weight is 962 g/mol. The minimum absolute atomic E-state index is 0.0831. The van der Waals surface area contributed by atoms with Gasteiger partial charge in [-0.25, -0.2) is 46.2 Å². The molecule has 0 aliphatic carbocycles. The number of anilines is 5. The number of aromatic nitrogens is 4. The molecule has 8 rings (SSSR count). The zero-order valence-corrected chi connectivity index (χ0v) is 37.6. The van der Waals surface area contributed by atoms with Gasteiger partial charge in [0.05, 0.1) is 52.7 Å². The number of nitrogens with zero attached hydrogens (tertiary/aromatic N) is 5. The van der Waals surface area contributed by atoms with Gasteiger partial charge in [0.2, 0.25) is 11.8 Å². The van der Waals surface area contributed by atoms with Gasteiger partial charge in [0.1, 0.15) is 0 Å². The Morgan fingerprint density at radius 1 is 0.746 bits per heavy atom. The van der Waals surface area contributed by atoms with E-state index < -0.39 is 49.8 Å². The fraction of sp³-hybridized carbons (Fsp3) is 0.136. The van der Waals surface area contributed by atoms with Gasteiger partial charge in [-0.1, -0.05) is 30.3 Å². The maximum absolute atomic E-state index is 13.3. The van der Waals surface area contributed by atoms with Crippen molar-refractivity contribution in [2.45, 2.75) is 29.2 Å². The summed E-state index contributed by atoms with van der Waals surface area (Å²) in [5.74, 6) is -3.13. The number of rotatable bonds is 13. The van der Waals surface area contributed by atoms with E-state index in [1.165, 1.54) is 72.3 Å². The fourth-order valence-electron chi connectivity index (χ4n) is 7.04. The number of benzene rings is 4. The summed E-state index contributed by atoms with van der Waals surface area (Å²) in [6.45, 7) is 1.99. The number of carbonyl (C=O) groups is 4. The molecule has 1 aliphatic heterocycles. The molecule has 4 heterocycles. The zero-order chi connectivity index (χ0) is 47.5. The predicted molar refractivity (Wildman–Crippen MR) is 251 cm³/mol. The van der Waals surface area contributed by atoms with E-state index >= 15 is 0 Å². The maximum Gasteiger partial charge on any atom is 0.278 e. The molecule has 23 heteroatoms. The molecule has 8 N–H and O–H groups in total. The van der Waals surface area contributed by atoms with Crippen molar-refractivity contribution in [3.05, 3.63) is 126 Å². The highest BCUT2D eigenvalue weighted by molar-refractivity contribution is 7.90. The van der Waals surface area contributed by atoms with E-state index in [1.54, 1.807) is 18.2 Å². The van der Waals surface area contributed by atoms with Gasteiger partial charge in [-0.05, 0) is 66.7 Å². The number of carbonyl (C=O) groups excluding carboxylic acids is 4. The lowest BCUT2D eigenvalue weighted by Gasteiger charge is -2.34. The standard InChI is InChI=1S/C44H39N11O9S3/c1-25(56)53-66(60,61)31-13-9-27(10-14-31)49-43(58)39-41(45)47-21-35(51-39)26-5-4-6-29(19-26)55-17-18-64-30(23-55)20-38(57)54-67(62,63)32-15-11-28(12-16-32)50-44(59)40-42(46)48-22-36(52-40)34-24-65-37-8-3-2-7-33(34)37/h2-16,19,21-22,24,30H,17-18,20,23H2,1H3,(H2,45,47)(H2,46,48)(H,49,58)(H,50,59)(H,53,56)(H,54,57). The van der Waals surface area contributed by atoms with E-state index in [2.05, 4.69) is 35.3 Å². The number of nitrogen functional groups attached to an aromatic ring is 2. The lowest BCUT2D eigenvalue weighted by atomic mass is 10.1. The molecule has 1 fully saturated rings. The van der Waals surface area contributed by atoms with Gasteiger partial charge < -0.3 is 31.7 Å². The summed E-state index contributed by atoms with van der Waals surface area (Å²) >= 11 is 1.53. The molecular weight excluding hydrogens is 923 g/mol. The second-order valence-electron chi connectivity index (χ2n) is 15.0. The van der Waals surface area contributed by atoms with E-state index in [4.69, 9.17) is 16.2 Å². The largest absolute Gasteiger partial charge is 0.382 e. The van der Waals surface area contributed by atoms with Crippen LogP contribution in [0.2, 0.25) is 0 Å². The number of hydrogen-bond acceptors (Lipinski definition) is 17. The van der Waals surface area contributed by atoms with Crippen LogP contribution in [-0.2, 0) is 34.4 Å². The Kier molecular flexibility index (Phi) is 12.9. The van der Waals surface area contributed by atoms with Gasteiger partial charge in [0.15, 0.2) is 23.0 Å². The molecule has 20 nitrogen and oxygen atoms in total. The highest BCUT2D eigenvalue weighted by Crippen LogP contribution is 2.33. The van der Waals surface area contributed by atoms with Crippen LogP contribution < -0.4 is 36.4 Å². The van der Waals surface area contributed by atoms with Gasteiger partial charge in [-0.15, -0.1) is 11.3 Å². The number of thiophene rings is 1. The van der Waals surface area contributed by atoms with Crippen LogP contribution in [0, 0.1) is 0 Å². The molecule has 0 bridgehead atoms. The molecule has 1 aliphatic rings. The summed E-state index contributed by atoms with van der Waals surface area (Å²) in [7, 11) is -8.39. The van der Waals surface area contributed by atoms with Crippen LogP contribution >= 0.6 is 11.3 Å². The third-order valence-electron chi connectivity index (χ3n) is 10.2. The summed E-state index contributed by atoms with van der Waals surface area (Å²) in [5.41, 5.74) is 15.1. The summed E-state index contributed by atoms with van der Waals surface area (Å²) in [5, 5.41) is 8.16. The van der Waals surface area contributed by atoms with Crippen molar-refractivity contribution in [3.8, 4) is 22.5 Å². The maximum atomic E-state index is 13.3. The van der Waals surface area contributed by atoms with E-state index in [-0.39, 0.29) is 63.8 Å². The first kappa shape index (κ1) is 45.7. The fourth-order valence-corrected chi connectivity index (χ4v) is 9.98. The molecule has 0 saturated carbocycles. The molecule has 1 unspecified atom stereocenters. The van der Waals surface area contributed by atoms with Crippen molar-refractivity contribution in [1.82, 2.24) is 29.4 Å². The normalized spacial score (nSPS) is 14.0. The van der Waals surface area contributed by atoms with Gasteiger partial charge >= 0.3 is 0 Å². The molecule has 1 atom stereocenters. The van der Waals surface area contributed by atoms with Crippen LogP contribution in [-0.4, -0.2) is 86.2 Å². The molecule has 0 spiro atoms. The number of morpholine rings is 1. The van der Waals surface area contributed by atoms with Crippen LogP contribution in [0.15, 0.2) is 125 Å². The monoisotopic (exact) mass is 961 g/mol. The molecule has 7 aromatic rings. The van der Waals surface area contributed by atoms with Crippen LogP contribution in [0.3, 0.4) is 0 Å². The van der Waals surface area contributed by atoms with Crippen molar-refractivity contribution in [3.63, 3.8) is 0 Å². The number of hydrogen-bond donors (Lipinski definition) is 6. The van der Waals surface area contributed by atoms with E-state index in [0.29, 0.717) is 23.5 Å². The molecule has 67 heavy (non-hydrogen) atoms. The Morgan fingerprint density at radius 3 is 1.96 bits per heavy atom. The Balaban J connectivity index is 0.867. The third-order valence-corrected chi connectivity index (χ3v) is 14.0. The first-order chi connectivity index (χ1) is 32.0. The van der Waals surface area contributed by atoms with Crippen LogP contribution in [0.5, 0.6) is 0 Å². The number of amides is 4. The molecule has 342 valence electrons. The molecule has 4 amide bonds. The van der Waals surface area contributed by atoms with Crippen molar-refractivity contribution in [2.24, 2.45) is 0 Å². The van der Waals surface area contributed by atoms with Gasteiger partial charge in [0.25, 0.3) is 31.9 Å². The summed E-state index contributed by atoms with van der Waals surface area (Å²) < 4.78 is 61.9. The lowest BCUT2D eigenvalue weighted by molar-refractivity contribution is -0.122. The SMILES string of the molecule is CC(=O)NS(=O)(=O)c1ccc(NC(=O)c2nc(-c3cccc(N4CCOC(CC(=O)NS(=O)(=O)c5ccc(NC(=O)c6nc(-c7csc8ccccc78)cnc6N)cc5)C4)c3)cnc2N)cc1. The second kappa shape index (κ2) is 18.9.